The van der Waals surface area contributed by atoms with Gasteiger partial charge in [0.25, 0.3) is 0 Å². The third-order valence-electron chi connectivity index (χ3n) is 2.50. The van der Waals surface area contributed by atoms with Crippen molar-refractivity contribution in [2.75, 3.05) is 11.4 Å². The van der Waals surface area contributed by atoms with Gasteiger partial charge in [-0.15, -0.1) is 0 Å². The predicted molar refractivity (Wildman–Crippen MR) is 68.9 cm³/mol. The van der Waals surface area contributed by atoms with Gasteiger partial charge in [0.1, 0.15) is 6.07 Å². The SMILES string of the molecule is CC(C)N(CCC#N)c1cccc(Cl)c1C#N. The van der Waals surface area contributed by atoms with Gasteiger partial charge in [-0.3, -0.25) is 0 Å². The van der Waals surface area contributed by atoms with Gasteiger partial charge in [0.2, 0.25) is 0 Å². The topological polar surface area (TPSA) is 50.8 Å². The van der Waals surface area contributed by atoms with Crippen molar-refractivity contribution < 1.29 is 0 Å². The van der Waals surface area contributed by atoms with E-state index in [-0.39, 0.29) is 6.04 Å². The zero-order valence-corrected chi connectivity index (χ0v) is 10.7. The van der Waals surface area contributed by atoms with Gasteiger partial charge in [-0.05, 0) is 26.0 Å². The van der Waals surface area contributed by atoms with Gasteiger partial charge >= 0.3 is 0 Å². The zero-order chi connectivity index (χ0) is 12.8. The number of benzene rings is 1. The highest BCUT2D eigenvalue weighted by molar-refractivity contribution is 6.32. The molecule has 0 unspecified atom stereocenters. The van der Waals surface area contributed by atoms with Gasteiger partial charge in [0.15, 0.2) is 0 Å². The Morgan fingerprint density at radius 2 is 2.06 bits per heavy atom. The summed E-state index contributed by atoms with van der Waals surface area (Å²) in [7, 11) is 0. The van der Waals surface area contributed by atoms with Gasteiger partial charge < -0.3 is 4.90 Å². The molecule has 1 rings (SSSR count). The number of hydrogen-bond donors (Lipinski definition) is 0. The summed E-state index contributed by atoms with van der Waals surface area (Å²) in [6.07, 6.45) is 0.426. The standard InChI is InChI=1S/C13H14ClN3/c1-10(2)17(8-4-7-15)13-6-3-5-12(14)11(13)9-16/h3,5-6,10H,4,8H2,1-2H3. The van der Waals surface area contributed by atoms with Crippen LogP contribution in [0.4, 0.5) is 5.69 Å². The molecule has 0 atom stereocenters. The summed E-state index contributed by atoms with van der Waals surface area (Å²) in [5.74, 6) is 0. The first-order valence-corrected chi connectivity index (χ1v) is 5.81. The van der Waals surface area contributed by atoms with E-state index >= 15 is 0 Å². The number of hydrogen-bond acceptors (Lipinski definition) is 3. The van der Waals surface area contributed by atoms with Crippen LogP contribution in [0, 0.1) is 22.7 Å². The minimum Gasteiger partial charge on any atom is -0.367 e. The van der Waals surface area contributed by atoms with Crippen LogP contribution in [-0.2, 0) is 0 Å². The zero-order valence-electron chi connectivity index (χ0n) is 9.94. The predicted octanol–water partition coefficient (Wildman–Crippen LogP) is 3.34. The molecule has 3 nitrogen and oxygen atoms in total. The molecule has 0 N–H and O–H groups in total. The molecular formula is C13H14ClN3. The Morgan fingerprint density at radius 1 is 1.35 bits per heavy atom. The first kappa shape index (κ1) is 13.4. The second-order valence-electron chi connectivity index (χ2n) is 3.94. The molecule has 0 radical (unpaired) electrons. The monoisotopic (exact) mass is 247 g/mol. The van der Waals surface area contributed by atoms with Crippen LogP contribution in [0.3, 0.4) is 0 Å². The lowest BCUT2D eigenvalue weighted by Crippen LogP contribution is -2.32. The maximum atomic E-state index is 9.13. The minimum atomic E-state index is 0.217. The first-order chi connectivity index (χ1) is 8.11. The molecule has 1 aromatic rings. The van der Waals surface area contributed by atoms with Crippen LogP contribution in [0.1, 0.15) is 25.8 Å². The summed E-state index contributed by atoms with van der Waals surface area (Å²) in [5.41, 5.74) is 1.27. The van der Waals surface area contributed by atoms with Crippen LogP contribution >= 0.6 is 11.6 Å². The van der Waals surface area contributed by atoms with Crippen molar-refractivity contribution in [3.8, 4) is 12.1 Å². The van der Waals surface area contributed by atoms with Gasteiger partial charge in [-0.25, -0.2) is 0 Å². The van der Waals surface area contributed by atoms with Crippen molar-refractivity contribution in [1.82, 2.24) is 0 Å². The summed E-state index contributed by atoms with van der Waals surface area (Å²) < 4.78 is 0. The van der Waals surface area contributed by atoms with Crippen LogP contribution in [0.5, 0.6) is 0 Å². The van der Waals surface area contributed by atoms with Crippen molar-refractivity contribution in [1.29, 1.82) is 10.5 Å². The molecule has 0 amide bonds. The fourth-order valence-electron chi connectivity index (χ4n) is 1.69. The molecular weight excluding hydrogens is 234 g/mol. The maximum Gasteiger partial charge on any atom is 0.103 e. The van der Waals surface area contributed by atoms with Crippen LogP contribution in [0.15, 0.2) is 18.2 Å². The van der Waals surface area contributed by atoms with Gasteiger partial charge in [-0.1, -0.05) is 17.7 Å². The van der Waals surface area contributed by atoms with Crippen molar-refractivity contribution in [3.63, 3.8) is 0 Å². The normalized spacial score (nSPS) is 9.76. The largest absolute Gasteiger partial charge is 0.367 e. The van der Waals surface area contributed by atoms with Gasteiger partial charge in [0, 0.05) is 12.6 Å². The first-order valence-electron chi connectivity index (χ1n) is 5.44. The molecule has 0 aromatic heterocycles. The van der Waals surface area contributed by atoms with E-state index in [4.69, 9.17) is 22.1 Å². The Labute approximate surface area is 107 Å². The average Bonchev–Trinajstić information content (AvgIpc) is 2.29. The molecule has 17 heavy (non-hydrogen) atoms. The number of rotatable bonds is 4. The maximum absolute atomic E-state index is 9.13. The quantitative estimate of drug-likeness (QED) is 0.820. The molecule has 0 aliphatic carbocycles. The molecule has 0 heterocycles. The highest BCUT2D eigenvalue weighted by Gasteiger charge is 2.15. The molecule has 0 spiro atoms. The van der Waals surface area contributed by atoms with Crippen LogP contribution in [0.25, 0.3) is 0 Å². The summed E-state index contributed by atoms with van der Waals surface area (Å²) in [4.78, 5) is 2.02. The highest BCUT2D eigenvalue weighted by atomic mass is 35.5. The Kier molecular flexibility index (Phi) is 4.82. The number of nitrogens with zero attached hydrogens (tertiary/aromatic N) is 3. The van der Waals surface area contributed by atoms with E-state index in [2.05, 4.69) is 12.1 Å². The smallest absolute Gasteiger partial charge is 0.103 e. The summed E-state index contributed by atoms with van der Waals surface area (Å²) in [6, 6.07) is 9.84. The molecule has 0 fully saturated rings. The lowest BCUT2D eigenvalue weighted by atomic mass is 10.1. The van der Waals surface area contributed by atoms with Crippen molar-refractivity contribution in [2.45, 2.75) is 26.3 Å². The minimum absolute atomic E-state index is 0.217. The molecule has 1 aromatic carbocycles. The molecule has 0 bridgehead atoms. The van der Waals surface area contributed by atoms with Crippen LogP contribution in [0.2, 0.25) is 5.02 Å². The second kappa shape index (κ2) is 6.13. The third kappa shape index (κ3) is 3.12. The Bertz CT molecular complexity index is 469. The number of anilines is 1. The molecule has 88 valence electrons. The van der Waals surface area contributed by atoms with Crippen molar-refractivity contribution in [2.24, 2.45) is 0 Å². The third-order valence-corrected chi connectivity index (χ3v) is 2.82. The van der Waals surface area contributed by atoms with E-state index in [0.717, 1.165) is 5.69 Å². The van der Waals surface area contributed by atoms with Gasteiger partial charge in [-0.2, -0.15) is 10.5 Å². The Balaban J connectivity index is 3.15. The summed E-state index contributed by atoms with van der Waals surface area (Å²) in [6.45, 7) is 4.65. The van der Waals surface area contributed by atoms with Crippen LogP contribution < -0.4 is 4.90 Å². The summed E-state index contributed by atoms with van der Waals surface area (Å²) in [5, 5.41) is 18.2. The molecule has 0 saturated heterocycles. The van der Waals surface area contributed by atoms with E-state index in [1.807, 2.05) is 30.9 Å². The average molecular weight is 248 g/mol. The van der Waals surface area contributed by atoms with Crippen LogP contribution in [-0.4, -0.2) is 12.6 Å². The Morgan fingerprint density at radius 3 is 2.59 bits per heavy atom. The molecule has 0 saturated carbocycles. The van der Waals surface area contributed by atoms with E-state index in [1.54, 1.807) is 6.07 Å². The van der Waals surface area contributed by atoms with E-state index in [0.29, 0.717) is 23.6 Å². The fraction of sp³-hybridized carbons (Fsp3) is 0.385. The highest BCUT2D eigenvalue weighted by Crippen LogP contribution is 2.28. The number of nitriles is 2. The van der Waals surface area contributed by atoms with Crippen molar-refractivity contribution in [3.05, 3.63) is 28.8 Å². The van der Waals surface area contributed by atoms with E-state index in [9.17, 15) is 0 Å². The molecule has 0 aliphatic heterocycles. The fourth-order valence-corrected chi connectivity index (χ4v) is 1.90. The van der Waals surface area contributed by atoms with Gasteiger partial charge in [0.05, 0.1) is 28.8 Å². The number of halogens is 1. The van der Waals surface area contributed by atoms with Crippen molar-refractivity contribution >= 4 is 17.3 Å². The molecule has 4 heteroatoms. The van der Waals surface area contributed by atoms with E-state index < -0.39 is 0 Å². The second-order valence-corrected chi connectivity index (χ2v) is 4.35. The summed E-state index contributed by atoms with van der Waals surface area (Å²) >= 11 is 6.00. The molecule has 0 aliphatic rings. The van der Waals surface area contributed by atoms with E-state index in [1.165, 1.54) is 0 Å². The lowest BCUT2D eigenvalue weighted by Gasteiger charge is -2.29. The Hall–Kier alpha value is -1.71. The lowest BCUT2D eigenvalue weighted by molar-refractivity contribution is 0.686.